The topological polar surface area (TPSA) is 68.8 Å². The number of benzene rings is 1. The molecule has 7 heteroatoms. The number of nitrogen functional groups attached to an aromatic ring is 1. The summed E-state index contributed by atoms with van der Waals surface area (Å²) in [5, 5.41) is 10.7. The predicted octanol–water partition coefficient (Wildman–Crippen LogP) is 2.26. The van der Waals surface area contributed by atoms with E-state index in [1.54, 1.807) is 23.1 Å². The summed E-state index contributed by atoms with van der Waals surface area (Å²) in [6, 6.07) is 2.93. The van der Waals surface area contributed by atoms with E-state index in [1.165, 1.54) is 6.07 Å². The molecule has 3 N–H and O–H groups in total. The van der Waals surface area contributed by atoms with Gasteiger partial charge in [-0.25, -0.2) is 4.39 Å². The van der Waals surface area contributed by atoms with Gasteiger partial charge in [-0.2, -0.15) is 0 Å². The molecule has 1 heterocycles. The van der Waals surface area contributed by atoms with Crippen molar-refractivity contribution >= 4 is 27.3 Å². The first-order valence-corrected chi connectivity index (χ1v) is 6.28. The van der Waals surface area contributed by atoms with Gasteiger partial charge >= 0.3 is 0 Å². The van der Waals surface area contributed by atoms with Gasteiger partial charge in [0.2, 0.25) is 0 Å². The lowest BCUT2D eigenvalue weighted by atomic mass is 10.2. The molecule has 18 heavy (non-hydrogen) atoms. The zero-order chi connectivity index (χ0) is 13.0. The summed E-state index contributed by atoms with van der Waals surface area (Å²) in [6.45, 7) is 1.44. The number of aromatic nitrogens is 3. The van der Waals surface area contributed by atoms with Crippen LogP contribution < -0.4 is 11.1 Å². The van der Waals surface area contributed by atoms with Gasteiger partial charge in [0.15, 0.2) is 0 Å². The smallest absolute Gasteiger partial charge is 0.139 e. The van der Waals surface area contributed by atoms with Crippen molar-refractivity contribution in [3.05, 3.63) is 34.8 Å². The third-order valence-electron chi connectivity index (χ3n) is 2.44. The highest BCUT2D eigenvalue weighted by Crippen LogP contribution is 2.26. The Bertz CT molecular complexity index is 514. The van der Waals surface area contributed by atoms with Crippen molar-refractivity contribution in [3.63, 3.8) is 0 Å². The standard InChI is InChI=1S/C11H13BrFN5/c12-8-6-10(14)11(7-9(8)13)15-2-1-4-18-5-3-16-17-18/h3,5-7,15H,1-2,4,14H2. The summed E-state index contributed by atoms with van der Waals surface area (Å²) in [4.78, 5) is 0. The maximum absolute atomic E-state index is 13.3. The Morgan fingerprint density at radius 1 is 1.44 bits per heavy atom. The highest BCUT2D eigenvalue weighted by atomic mass is 79.9. The zero-order valence-corrected chi connectivity index (χ0v) is 11.2. The monoisotopic (exact) mass is 313 g/mol. The lowest BCUT2D eigenvalue weighted by Crippen LogP contribution is -2.09. The third kappa shape index (κ3) is 3.19. The summed E-state index contributed by atoms with van der Waals surface area (Å²) >= 11 is 3.09. The van der Waals surface area contributed by atoms with E-state index in [1.807, 2.05) is 0 Å². The first kappa shape index (κ1) is 12.8. The maximum atomic E-state index is 13.3. The van der Waals surface area contributed by atoms with Crippen LogP contribution in [0.5, 0.6) is 0 Å². The second-order valence-electron chi connectivity index (χ2n) is 3.80. The van der Waals surface area contributed by atoms with Gasteiger partial charge in [-0.3, -0.25) is 4.68 Å². The van der Waals surface area contributed by atoms with E-state index in [-0.39, 0.29) is 5.82 Å². The van der Waals surface area contributed by atoms with E-state index in [2.05, 4.69) is 31.6 Å². The van der Waals surface area contributed by atoms with Crippen molar-refractivity contribution < 1.29 is 4.39 Å². The molecule has 0 aliphatic rings. The summed E-state index contributed by atoms with van der Waals surface area (Å²) in [7, 11) is 0. The first-order chi connectivity index (χ1) is 8.66. The average Bonchev–Trinajstić information content (AvgIpc) is 2.84. The minimum Gasteiger partial charge on any atom is -0.397 e. The number of rotatable bonds is 5. The lowest BCUT2D eigenvalue weighted by Gasteiger charge is -2.10. The number of nitrogens with two attached hydrogens (primary N) is 1. The summed E-state index contributed by atoms with van der Waals surface area (Å²) < 4.78 is 15.4. The minimum atomic E-state index is -0.331. The molecule has 1 aromatic carbocycles. The van der Waals surface area contributed by atoms with Crippen molar-refractivity contribution in [2.45, 2.75) is 13.0 Å². The van der Waals surface area contributed by atoms with E-state index in [0.29, 0.717) is 22.4 Å². The molecular formula is C11H13BrFN5. The Morgan fingerprint density at radius 2 is 2.28 bits per heavy atom. The van der Waals surface area contributed by atoms with Crippen LogP contribution in [0.1, 0.15) is 6.42 Å². The van der Waals surface area contributed by atoms with Gasteiger partial charge in [0.25, 0.3) is 0 Å². The van der Waals surface area contributed by atoms with Gasteiger partial charge in [0.05, 0.1) is 22.0 Å². The molecule has 2 rings (SSSR count). The number of nitrogens with zero attached hydrogens (tertiary/aromatic N) is 3. The molecule has 0 fully saturated rings. The fraction of sp³-hybridized carbons (Fsp3) is 0.273. The Morgan fingerprint density at radius 3 is 3.00 bits per heavy atom. The number of nitrogens with one attached hydrogen (secondary N) is 1. The zero-order valence-electron chi connectivity index (χ0n) is 9.61. The fourth-order valence-corrected chi connectivity index (χ4v) is 1.89. The minimum absolute atomic E-state index is 0.331. The molecule has 0 radical (unpaired) electrons. The average molecular weight is 314 g/mol. The van der Waals surface area contributed by atoms with Gasteiger partial charge < -0.3 is 11.1 Å². The maximum Gasteiger partial charge on any atom is 0.139 e. The van der Waals surface area contributed by atoms with Crippen LogP contribution >= 0.6 is 15.9 Å². The van der Waals surface area contributed by atoms with Gasteiger partial charge in [0, 0.05) is 25.4 Å². The number of halogens is 2. The molecular weight excluding hydrogens is 301 g/mol. The second kappa shape index (κ2) is 5.81. The Kier molecular flexibility index (Phi) is 4.14. The second-order valence-corrected chi connectivity index (χ2v) is 4.65. The van der Waals surface area contributed by atoms with Crippen molar-refractivity contribution in [3.8, 4) is 0 Å². The molecule has 0 unspecified atom stereocenters. The van der Waals surface area contributed by atoms with E-state index >= 15 is 0 Å². The van der Waals surface area contributed by atoms with Crippen LogP contribution in [0.4, 0.5) is 15.8 Å². The summed E-state index contributed by atoms with van der Waals surface area (Å²) in [6.07, 6.45) is 4.28. The van der Waals surface area contributed by atoms with Crippen LogP contribution in [0.25, 0.3) is 0 Å². The molecule has 0 spiro atoms. The Balaban J connectivity index is 1.85. The molecule has 0 bridgehead atoms. The molecule has 0 aliphatic heterocycles. The fourth-order valence-electron chi connectivity index (χ4n) is 1.53. The van der Waals surface area contributed by atoms with Crippen LogP contribution in [-0.4, -0.2) is 21.5 Å². The molecule has 5 nitrogen and oxygen atoms in total. The lowest BCUT2D eigenvalue weighted by molar-refractivity contribution is 0.569. The van der Waals surface area contributed by atoms with E-state index in [9.17, 15) is 4.39 Å². The van der Waals surface area contributed by atoms with E-state index in [4.69, 9.17) is 5.73 Å². The highest BCUT2D eigenvalue weighted by molar-refractivity contribution is 9.10. The molecule has 0 saturated heterocycles. The molecule has 0 aliphatic carbocycles. The van der Waals surface area contributed by atoms with Gasteiger partial charge in [-0.15, -0.1) is 5.10 Å². The van der Waals surface area contributed by atoms with Crippen molar-refractivity contribution in [1.29, 1.82) is 0 Å². The molecule has 96 valence electrons. The van der Waals surface area contributed by atoms with E-state index in [0.717, 1.165) is 13.0 Å². The van der Waals surface area contributed by atoms with Crippen molar-refractivity contribution in [1.82, 2.24) is 15.0 Å². The Labute approximate surface area is 112 Å². The largest absolute Gasteiger partial charge is 0.397 e. The predicted molar refractivity (Wildman–Crippen MR) is 71.6 cm³/mol. The van der Waals surface area contributed by atoms with Crippen LogP contribution in [0, 0.1) is 5.82 Å². The number of aryl methyl sites for hydroxylation is 1. The van der Waals surface area contributed by atoms with Crippen molar-refractivity contribution in [2.24, 2.45) is 0 Å². The number of anilines is 2. The molecule has 0 atom stereocenters. The number of hydrogen-bond acceptors (Lipinski definition) is 4. The quantitative estimate of drug-likeness (QED) is 0.656. The van der Waals surface area contributed by atoms with E-state index < -0.39 is 0 Å². The molecule has 0 saturated carbocycles. The third-order valence-corrected chi connectivity index (χ3v) is 3.05. The molecule has 2 aromatic rings. The number of hydrogen-bond donors (Lipinski definition) is 2. The summed E-state index contributed by atoms with van der Waals surface area (Å²) in [5.41, 5.74) is 6.90. The molecule has 0 amide bonds. The van der Waals surface area contributed by atoms with Crippen LogP contribution in [0.2, 0.25) is 0 Å². The van der Waals surface area contributed by atoms with Crippen LogP contribution in [0.15, 0.2) is 29.0 Å². The SMILES string of the molecule is Nc1cc(Br)c(F)cc1NCCCn1ccnn1. The normalized spacial score (nSPS) is 10.6. The first-order valence-electron chi connectivity index (χ1n) is 5.49. The van der Waals surface area contributed by atoms with Crippen LogP contribution in [-0.2, 0) is 6.54 Å². The van der Waals surface area contributed by atoms with Gasteiger partial charge in [-0.05, 0) is 28.4 Å². The van der Waals surface area contributed by atoms with Gasteiger partial charge in [-0.1, -0.05) is 5.21 Å². The summed E-state index contributed by atoms with van der Waals surface area (Å²) in [5.74, 6) is -0.331. The Hall–Kier alpha value is -1.63. The van der Waals surface area contributed by atoms with Crippen LogP contribution in [0.3, 0.4) is 0 Å². The molecule has 1 aromatic heterocycles. The highest BCUT2D eigenvalue weighted by Gasteiger charge is 2.05. The van der Waals surface area contributed by atoms with Gasteiger partial charge in [0.1, 0.15) is 5.82 Å². The van der Waals surface area contributed by atoms with Crippen molar-refractivity contribution in [2.75, 3.05) is 17.6 Å².